The van der Waals surface area contributed by atoms with Gasteiger partial charge in [-0.25, -0.2) is 4.79 Å². The number of hydrogen-bond donors (Lipinski definition) is 2. The van der Waals surface area contributed by atoms with Gasteiger partial charge in [-0.05, 0) is 25.5 Å². The molecule has 1 rings (SSSR count). The fourth-order valence-corrected chi connectivity index (χ4v) is 1.83. The molecule has 1 aromatic carbocycles. The van der Waals surface area contributed by atoms with E-state index in [4.69, 9.17) is 14.2 Å². The summed E-state index contributed by atoms with van der Waals surface area (Å²) in [6.07, 6.45) is 0.249. The molecule has 0 saturated heterocycles. The Morgan fingerprint density at radius 1 is 1.14 bits per heavy atom. The summed E-state index contributed by atoms with van der Waals surface area (Å²) in [5, 5.41) is 11.7. The first-order valence-electron chi connectivity index (χ1n) is 6.68. The number of ether oxygens (including phenoxy) is 3. The van der Waals surface area contributed by atoms with Crippen LogP contribution in [-0.2, 0) is 4.79 Å². The van der Waals surface area contributed by atoms with E-state index in [1.54, 1.807) is 6.92 Å². The number of aliphatic carboxylic acids is 1. The fraction of sp³-hybridized carbons (Fsp3) is 0.467. The monoisotopic (exact) mass is 311 g/mol. The average Bonchev–Trinajstić information content (AvgIpc) is 2.52. The van der Waals surface area contributed by atoms with E-state index in [9.17, 15) is 14.7 Å². The lowest BCUT2D eigenvalue weighted by Crippen LogP contribution is -2.51. The number of hydrogen-bond acceptors (Lipinski definition) is 5. The van der Waals surface area contributed by atoms with E-state index in [0.717, 1.165) is 0 Å². The van der Waals surface area contributed by atoms with Gasteiger partial charge in [0.05, 0.1) is 21.3 Å². The highest BCUT2D eigenvalue weighted by atomic mass is 16.5. The lowest BCUT2D eigenvalue weighted by Gasteiger charge is -2.25. The molecule has 0 saturated carbocycles. The van der Waals surface area contributed by atoms with Gasteiger partial charge in [0, 0.05) is 5.56 Å². The number of carbonyl (C=O) groups is 2. The summed E-state index contributed by atoms with van der Waals surface area (Å²) in [5.74, 6) is -0.638. The highest BCUT2D eigenvalue weighted by Gasteiger charge is 2.33. The zero-order valence-electron chi connectivity index (χ0n) is 13.4. The third-order valence-corrected chi connectivity index (χ3v) is 3.50. The van der Waals surface area contributed by atoms with Crippen LogP contribution in [0, 0.1) is 0 Å². The van der Waals surface area contributed by atoms with Gasteiger partial charge in [0.1, 0.15) is 5.54 Å². The van der Waals surface area contributed by atoms with Gasteiger partial charge in [-0.15, -0.1) is 0 Å². The number of nitrogens with one attached hydrogen (secondary N) is 1. The third-order valence-electron chi connectivity index (χ3n) is 3.50. The van der Waals surface area contributed by atoms with Crippen molar-refractivity contribution in [1.29, 1.82) is 0 Å². The quantitative estimate of drug-likeness (QED) is 0.796. The van der Waals surface area contributed by atoms with E-state index in [0.29, 0.717) is 17.2 Å². The van der Waals surface area contributed by atoms with Gasteiger partial charge in [0.15, 0.2) is 11.5 Å². The van der Waals surface area contributed by atoms with Crippen molar-refractivity contribution in [2.75, 3.05) is 21.3 Å². The standard InChI is InChI=1S/C15H21NO6/c1-6-15(2,14(18)19)16-13(17)9-7-10(20-3)12(22-5)11(8-9)21-4/h7-8H,6H2,1-5H3,(H,16,17)(H,18,19). The van der Waals surface area contributed by atoms with E-state index in [1.807, 2.05) is 0 Å². The molecule has 0 aliphatic heterocycles. The number of carbonyl (C=O) groups excluding carboxylic acids is 1. The second-order valence-electron chi connectivity index (χ2n) is 4.86. The molecule has 0 spiro atoms. The molecule has 22 heavy (non-hydrogen) atoms. The molecule has 0 radical (unpaired) electrons. The SMILES string of the molecule is CCC(C)(NC(=O)c1cc(OC)c(OC)c(OC)c1)C(=O)O. The lowest BCUT2D eigenvalue weighted by molar-refractivity contribution is -0.143. The Kier molecular flexibility index (Phi) is 5.62. The zero-order valence-corrected chi connectivity index (χ0v) is 13.4. The number of carboxylic acids is 1. The maximum Gasteiger partial charge on any atom is 0.329 e. The van der Waals surface area contributed by atoms with Crippen molar-refractivity contribution in [3.8, 4) is 17.2 Å². The van der Waals surface area contributed by atoms with E-state index < -0.39 is 17.4 Å². The zero-order chi connectivity index (χ0) is 16.9. The van der Waals surface area contributed by atoms with Gasteiger partial charge in [-0.3, -0.25) is 4.79 Å². The van der Waals surface area contributed by atoms with Crippen molar-refractivity contribution in [3.63, 3.8) is 0 Å². The first-order valence-corrected chi connectivity index (χ1v) is 6.68. The third kappa shape index (κ3) is 3.41. The predicted octanol–water partition coefficient (Wildman–Crippen LogP) is 1.70. The number of carboxylic acid groups (broad SMARTS) is 1. The predicted molar refractivity (Wildman–Crippen MR) is 79.9 cm³/mol. The van der Waals surface area contributed by atoms with E-state index in [1.165, 1.54) is 40.4 Å². The summed E-state index contributed by atoms with van der Waals surface area (Å²) in [7, 11) is 4.33. The highest BCUT2D eigenvalue weighted by Crippen LogP contribution is 2.38. The lowest BCUT2D eigenvalue weighted by atomic mass is 9.98. The Bertz CT molecular complexity index is 546. The molecule has 1 unspecified atom stereocenters. The fourth-order valence-electron chi connectivity index (χ4n) is 1.83. The molecule has 122 valence electrons. The number of rotatable bonds is 7. The summed E-state index contributed by atoms with van der Waals surface area (Å²) < 4.78 is 15.5. The molecule has 0 heterocycles. The van der Waals surface area contributed by atoms with Crippen LogP contribution in [0.2, 0.25) is 0 Å². The topological polar surface area (TPSA) is 94.1 Å². The molecule has 2 N–H and O–H groups in total. The van der Waals surface area contributed by atoms with Crippen molar-refractivity contribution in [3.05, 3.63) is 17.7 Å². The Labute approximate surface area is 129 Å². The van der Waals surface area contributed by atoms with Crippen molar-refractivity contribution in [2.45, 2.75) is 25.8 Å². The Morgan fingerprint density at radius 2 is 1.64 bits per heavy atom. The molecule has 0 aliphatic rings. The number of benzene rings is 1. The van der Waals surface area contributed by atoms with Crippen LogP contribution in [0.3, 0.4) is 0 Å². The molecule has 0 aromatic heterocycles. The van der Waals surface area contributed by atoms with Gasteiger partial charge in [0.2, 0.25) is 5.75 Å². The maximum absolute atomic E-state index is 12.3. The Morgan fingerprint density at radius 3 is 1.95 bits per heavy atom. The highest BCUT2D eigenvalue weighted by molar-refractivity contribution is 5.98. The van der Waals surface area contributed by atoms with Gasteiger partial charge in [-0.1, -0.05) is 6.92 Å². The average molecular weight is 311 g/mol. The van der Waals surface area contributed by atoms with Crippen LogP contribution in [0.15, 0.2) is 12.1 Å². The normalized spacial score (nSPS) is 13.0. The Hall–Kier alpha value is -2.44. The largest absolute Gasteiger partial charge is 0.493 e. The van der Waals surface area contributed by atoms with Crippen LogP contribution in [0.4, 0.5) is 0 Å². The second kappa shape index (κ2) is 7.02. The summed E-state index contributed by atoms with van der Waals surface area (Å²) in [4.78, 5) is 23.6. The van der Waals surface area contributed by atoms with Crippen LogP contribution < -0.4 is 19.5 Å². The number of amides is 1. The van der Waals surface area contributed by atoms with E-state index >= 15 is 0 Å². The smallest absolute Gasteiger partial charge is 0.329 e. The molecule has 7 nitrogen and oxygen atoms in total. The molecule has 7 heteroatoms. The van der Waals surface area contributed by atoms with Crippen molar-refractivity contribution >= 4 is 11.9 Å². The minimum Gasteiger partial charge on any atom is -0.493 e. The molecule has 0 bridgehead atoms. The minimum atomic E-state index is -1.35. The molecule has 1 aromatic rings. The van der Waals surface area contributed by atoms with Crippen LogP contribution in [0.25, 0.3) is 0 Å². The molecule has 0 fully saturated rings. The summed E-state index contributed by atoms with van der Waals surface area (Å²) in [6.45, 7) is 3.13. The minimum absolute atomic E-state index is 0.218. The molecular weight excluding hydrogens is 290 g/mol. The summed E-state index contributed by atoms with van der Waals surface area (Å²) >= 11 is 0. The molecule has 1 amide bonds. The first-order chi connectivity index (χ1) is 10.3. The van der Waals surface area contributed by atoms with Gasteiger partial charge >= 0.3 is 5.97 Å². The van der Waals surface area contributed by atoms with Crippen molar-refractivity contribution in [2.24, 2.45) is 0 Å². The van der Waals surface area contributed by atoms with Crippen LogP contribution in [0.1, 0.15) is 30.6 Å². The second-order valence-corrected chi connectivity index (χ2v) is 4.86. The van der Waals surface area contributed by atoms with Crippen LogP contribution in [0.5, 0.6) is 17.2 Å². The van der Waals surface area contributed by atoms with E-state index in [2.05, 4.69) is 5.32 Å². The molecular formula is C15H21NO6. The van der Waals surface area contributed by atoms with Gasteiger partial charge in [-0.2, -0.15) is 0 Å². The van der Waals surface area contributed by atoms with Crippen LogP contribution in [-0.4, -0.2) is 43.9 Å². The maximum atomic E-state index is 12.3. The van der Waals surface area contributed by atoms with Crippen LogP contribution >= 0.6 is 0 Å². The van der Waals surface area contributed by atoms with Gasteiger partial charge in [0.25, 0.3) is 5.91 Å². The molecule has 0 aliphatic carbocycles. The number of methoxy groups -OCH3 is 3. The Balaban J connectivity index is 3.21. The van der Waals surface area contributed by atoms with Crippen molar-refractivity contribution in [1.82, 2.24) is 5.32 Å². The van der Waals surface area contributed by atoms with Gasteiger partial charge < -0.3 is 24.6 Å². The summed E-state index contributed by atoms with van der Waals surface area (Å²) in [5.41, 5.74) is -1.13. The first kappa shape index (κ1) is 17.6. The van der Waals surface area contributed by atoms with Crippen molar-refractivity contribution < 1.29 is 28.9 Å². The summed E-state index contributed by atoms with van der Waals surface area (Å²) in [6, 6.07) is 2.93. The van der Waals surface area contributed by atoms with E-state index in [-0.39, 0.29) is 12.0 Å². The molecule has 1 atom stereocenters.